The largest absolute Gasteiger partial charge is 0.497 e. The minimum Gasteiger partial charge on any atom is -0.497 e. The van der Waals surface area contributed by atoms with E-state index in [1.54, 1.807) is 32.2 Å². The Labute approximate surface area is 227 Å². The molecule has 0 aromatic heterocycles. The predicted octanol–water partition coefficient (Wildman–Crippen LogP) is 3.50. The molecule has 0 saturated carbocycles. The smallest absolute Gasteiger partial charge is 0.304 e. The molecule has 2 amide bonds. The Bertz CT molecular complexity index is 1200. The molecule has 0 aliphatic carbocycles. The highest BCUT2D eigenvalue weighted by Crippen LogP contribution is 2.26. The van der Waals surface area contributed by atoms with Crippen LogP contribution < -0.4 is 14.4 Å². The van der Waals surface area contributed by atoms with Gasteiger partial charge < -0.3 is 15.0 Å². The molecule has 38 heavy (non-hydrogen) atoms. The monoisotopic (exact) mass is 546 g/mol. The van der Waals surface area contributed by atoms with Gasteiger partial charge in [0, 0.05) is 27.2 Å². The van der Waals surface area contributed by atoms with Crippen molar-refractivity contribution in [1.29, 1.82) is 0 Å². The fourth-order valence-corrected chi connectivity index (χ4v) is 5.07. The lowest BCUT2D eigenvalue weighted by atomic mass is 10.1. The first kappa shape index (κ1) is 31.1. The molecule has 0 heterocycles. The van der Waals surface area contributed by atoms with Crippen LogP contribution in [0.15, 0.2) is 42.5 Å². The van der Waals surface area contributed by atoms with Crippen LogP contribution in [0.2, 0.25) is 0 Å². The molecule has 10 heteroatoms. The van der Waals surface area contributed by atoms with E-state index in [4.69, 9.17) is 4.74 Å². The van der Waals surface area contributed by atoms with E-state index in [1.165, 1.54) is 19.0 Å². The average molecular weight is 547 g/mol. The van der Waals surface area contributed by atoms with Crippen molar-refractivity contribution in [3.05, 3.63) is 59.2 Å². The second kappa shape index (κ2) is 13.6. The number of ether oxygens (including phenoxy) is 1. The lowest BCUT2D eigenvalue weighted by molar-refractivity contribution is -0.140. The van der Waals surface area contributed by atoms with Crippen LogP contribution >= 0.6 is 0 Å². The maximum atomic E-state index is 14.0. The van der Waals surface area contributed by atoms with Crippen LogP contribution in [0, 0.1) is 19.8 Å². The zero-order valence-electron chi connectivity index (χ0n) is 23.8. The van der Waals surface area contributed by atoms with E-state index in [1.807, 2.05) is 52.0 Å². The van der Waals surface area contributed by atoms with Gasteiger partial charge in [0.25, 0.3) is 0 Å². The molecule has 0 fully saturated rings. The normalized spacial score (nSPS) is 12.4. The van der Waals surface area contributed by atoms with Crippen molar-refractivity contribution in [2.45, 2.75) is 53.6 Å². The second-order valence-corrected chi connectivity index (χ2v) is 12.1. The van der Waals surface area contributed by atoms with Gasteiger partial charge in [0.2, 0.25) is 11.8 Å². The van der Waals surface area contributed by atoms with Gasteiger partial charge in [0.15, 0.2) is 0 Å². The molecule has 0 aliphatic heterocycles. The van der Waals surface area contributed by atoms with Crippen LogP contribution in [0.3, 0.4) is 0 Å². The van der Waals surface area contributed by atoms with E-state index in [0.29, 0.717) is 24.4 Å². The second-order valence-electron chi connectivity index (χ2n) is 10.0. The summed E-state index contributed by atoms with van der Waals surface area (Å²) in [5, 5.41) is 2.93. The number of methoxy groups -OCH3 is 1. The number of carbonyl (C=O) groups is 2. The summed E-state index contributed by atoms with van der Waals surface area (Å²) in [7, 11) is 0.423. The molecule has 0 aliphatic rings. The Morgan fingerprint density at radius 1 is 1.03 bits per heavy atom. The summed E-state index contributed by atoms with van der Waals surface area (Å²) in [4.78, 5) is 28.6. The van der Waals surface area contributed by atoms with Gasteiger partial charge in [-0.2, -0.15) is 12.7 Å². The van der Waals surface area contributed by atoms with Gasteiger partial charge in [0.05, 0.1) is 12.8 Å². The zero-order valence-corrected chi connectivity index (χ0v) is 24.6. The molecule has 0 bridgehead atoms. The van der Waals surface area contributed by atoms with Gasteiger partial charge in [-0.15, -0.1) is 0 Å². The Hall–Kier alpha value is -3.11. The van der Waals surface area contributed by atoms with Crippen molar-refractivity contribution in [1.82, 2.24) is 14.5 Å². The fraction of sp³-hybridized carbons (Fsp3) is 0.500. The Balaban J connectivity index is 2.53. The third-order valence-electron chi connectivity index (χ3n) is 6.23. The first-order chi connectivity index (χ1) is 17.8. The molecule has 2 rings (SSSR count). The quantitative estimate of drug-likeness (QED) is 0.415. The highest BCUT2D eigenvalue weighted by Gasteiger charge is 2.34. The van der Waals surface area contributed by atoms with E-state index in [0.717, 1.165) is 25.3 Å². The minimum absolute atomic E-state index is 0.138. The third kappa shape index (κ3) is 7.94. The van der Waals surface area contributed by atoms with Gasteiger partial charge >= 0.3 is 10.2 Å². The first-order valence-corrected chi connectivity index (χ1v) is 14.2. The van der Waals surface area contributed by atoms with E-state index in [2.05, 4.69) is 5.32 Å². The SMILES string of the molecule is CC[C@H](C(=O)NCC(C)C)N(Cc1ccc(OC)cc1)C(=O)CN(c1cc(C)ccc1C)S(=O)(=O)N(C)C. The fourth-order valence-electron chi connectivity index (χ4n) is 3.96. The molecule has 2 aromatic carbocycles. The van der Waals surface area contributed by atoms with Crippen molar-refractivity contribution in [3.63, 3.8) is 0 Å². The number of amides is 2. The molecular weight excluding hydrogens is 504 g/mol. The summed E-state index contributed by atoms with van der Waals surface area (Å²) >= 11 is 0. The Morgan fingerprint density at radius 3 is 2.18 bits per heavy atom. The highest BCUT2D eigenvalue weighted by molar-refractivity contribution is 7.90. The van der Waals surface area contributed by atoms with Crippen LogP contribution in [0.4, 0.5) is 5.69 Å². The van der Waals surface area contributed by atoms with Crippen LogP contribution in [0.25, 0.3) is 0 Å². The van der Waals surface area contributed by atoms with Crippen LogP contribution in [-0.4, -0.2) is 69.8 Å². The van der Waals surface area contributed by atoms with E-state index >= 15 is 0 Å². The zero-order chi connectivity index (χ0) is 28.6. The van der Waals surface area contributed by atoms with Crippen molar-refractivity contribution < 1.29 is 22.7 Å². The number of hydrogen-bond acceptors (Lipinski definition) is 5. The van der Waals surface area contributed by atoms with Gasteiger partial charge in [0.1, 0.15) is 18.3 Å². The van der Waals surface area contributed by atoms with Crippen molar-refractivity contribution >= 4 is 27.7 Å². The van der Waals surface area contributed by atoms with Crippen molar-refractivity contribution in [2.24, 2.45) is 5.92 Å². The summed E-state index contributed by atoms with van der Waals surface area (Å²) in [5.74, 6) is 0.175. The Kier molecular flexibility index (Phi) is 11.1. The van der Waals surface area contributed by atoms with Crippen molar-refractivity contribution in [3.8, 4) is 5.75 Å². The van der Waals surface area contributed by atoms with E-state index in [9.17, 15) is 18.0 Å². The third-order valence-corrected chi connectivity index (χ3v) is 8.04. The number of nitrogens with one attached hydrogen (secondary N) is 1. The molecule has 210 valence electrons. The van der Waals surface area contributed by atoms with Gasteiger partial charge in [-0.3, -0.25) is 9.59 Å². The number of rotatable bonds is 13. The standard InChI is InChI=1S/C28H42N4O5S/c1-9-25(28(34)29-17-20(2)3)31(18-23-12-14-24(37-8)15-13-23)27(33)19-32(38(35,36)30(6)7)26-16-21(4)10-11-22(26)5/h10-16,20,25H,9,17-19H2,1-8H3,(H,29,34)/t25-/m1/s1. The average Bonchev–Trinajstić information content (AvgIpc) is 2.87. The minimum atomic E-state index is -4.01. The van der Waals surface area contributed by atoms with Gasteiger partial charge in [-0.25, -0.2) is 4.31 Å². The molecule has 1 N–H and O–H groups in total. The van der Waals surface area contributed by atoms with E-state index < -0.39 is 28.7 Å². The maximum absolute atomic E-state index is 14.0. The summed E-state index contributed by atoms with van der Waals surface area (Å²) in [5.41, 5.74) is 2.81. The summed E-state index contributed by atoms with van der Waals surface area (Å²) in [6.45, 7) is 9.67. The summed E-state index contributed by atoms with van der Waals surface area (Å²) in [6.07, 6.45) is 0.371. The highest BCUT2D eigenvalue weighted by atomic mass is 32.2. The topological polar surface area (TPSA) is 99.3 Å². The van der Waals surface area contributed by atoms with Crippen LogP contribution in [-0.2, 0) is 26.3 Å². The number of benzene rings is 2. The predicted molar refractivity (Wildman–Crippen MR) is 151 cm³/mol. The maximum Gasteiger partial charge on any atom is 0.304 e. The number of nitrogens with zero attached hydrogens (tertiary/aromatic N) is 3. The van der Waals surface area contributed by atoms with Gasteiger partial charge in [-0.05, 0) is 61.1 Å². The molecule has 2 aromatic rings. The van der Waals surface area contributed by atoms with Crippen LogP contribution in [0.1, 0.15) is 43.9 Å². The molecule has 0 radical (unpaired) electrons. The van der Waals surface area contributed by atoms with Gasteiger partial charge in [-0.1, -0.05) is 45.0 Å². The number of aryl methyl sites for hydroxylation is 2. The van der Waals surface area contributed by atoms with Crippen LogP contribution in [0.5, 0.6) is 5.75 Å². The number of carbonyl (C=O) groups excluding carboxylic acids is 2. The Morgan fingerprint density at radius 2 is 1.66 bits per heavy atom. The summed E-state index contributed by atoms with van der Waals surface area (Å²) < 4.78 is 34.3. The molecule has 0 unspecified atom stereocenters. The molecule has 1 atom stereocenters. The number of hydrogen-bond donors (Lipinski definition) is 1. The lowest BCUT2D eigenvalue weighted by Gasteiger charge is -2.34. The molecule has 0 spiro atoms. The molecule has 0 saturated heterocycles. The van der Waals surface area contributed by atoms with E-state index in [-0.39, 0.29) is 18.4 Å². The van der Waals surface area contributed by atoms with Crippen molar-refractivity contribution in [2.75, 3.05) is 38.6 Å². The summed E-state index contributed by atoms with van der Waals surface area (Å²) in [6, 6.07) is 11.9. The molecular formula is C28H42N4O5S. The lowest BCUT2D eigenvalue weighted by Crippen LogP contribution is -2.53. The molecule has 9 nitrogen and oxygen atoms in total. The first-order valence-electron chi connectivity index (χ1n) is 12.8. The number of anilines is 1.